The van der Waals surface area contributed by atoms with Gasteiger partial charge in [-0.25, -0.2) is 19.9 Å². The first-order valence-electron chi connectivity index (χ1n) is 9.01. The molecule has 134 valence electrons. The number of nitriles is 1. The summed E-state index contributed by atoms with van der Waals surface area (Å²) in [6.07, 6.45) is 10.9. The van der Waals surface area contributed by atoms with E-state index in [0.29, 0.717) is 29.4 Å². The van der Waals surface area contributed by atoms with Gasteiger partial charge in [0.1, 0.15) is 11.9 Å². The third kappa shape index (κ3) is 2.59. The van der Waals surface area contributed by atoms with Crippen LogP contribution in [0, 0.1) is 17.2 Å². The Morgan fingerprint density at radius 3 is 2.89 bits per heavy atom. The Hall–Kier alpha value is -3.47. The van der Waals surface area contributed by atoms with Gasteiger partial charge in [-0.3, -0.25) is 4.40 Å². The Bertz CT molecular complexity index is 1150. The molecule has 0 spiro atoms. The lowest BCUT2D eigenvalue weighted by atomic mass is 9.95. The van der Waals surface area contributed by atoms with Crippen molar-refractivity contribution in [3.05, 3.63) is 48.4 Å². The molecule has 1 aliphatic rings. The number of fused-ring (bicyclic) bond motifs is 3. The van der Waals surface area contributed by atoms with Gasteiger partial charge in [-0.05, 0) is 24.8 Å². The molecule has 8 nitrogen and oxygen atoms in total. The van der Waals surface area contributed by atoms with Crippen molar-refractivity contribution < 1.29 is 0 Å². The molecule has 0 bridgehead atoms. The quantitative estimate of drug-likeness (QED) is 0.583. The van der Waals surface area contributed by atoms with Crippen molar-refractivity contribution in [2.24, 2.45) is 5.92 Å². The van der Waals surface area contributed by atoms with Gasteiger partial charge in [-0.15, -0.1) is 0 Å². The summed E-state index contributed by atoms with van der Waals surface area (Å²) in [5.41, 5.74) is 4.35. The maximum Gasteiger partial charge on any atom is 0.158 e. The van der Waals surface area contributed by atoms with Crippen LogP contribution >= 0.6 is 0 Å². The molecule has 5 rings (SSSR count). The molecule has 0 unspecified atom stereocenters. The van der Waals surface area contributed by atoms with E-state index in [1.165, 1.54) is 11.9 Å². The lowest BCUT2D eigenvalue weighted by Gasteiger charge is -2.15. The number of aromatic amines is 1. The van der Waals surface area contributed by atoms with Crippen molar-refractivity contribution in [2.45, 2.75) is 31.7 Å². The summed E-state index contributed by atoms with van der Waals surface area (Å²) in [7, 11) is 0. The summed E-state index contributed by atoms with van der Waals surface area (Å²) in [5, 5.41) is 12.3. The van der Waals surface area contributed by atoms with E-state index >= 15 is 0 Å². The largest absolute Gasteiger partial charge is 0.366 e. The number of nitrogens with one attached hydrogen (secondary N) is 2. The smallest absolute Gasteiger partial charge is 0.158 e. The molecular formula is C19H18N8. The van der Waals surface area contributed by atoms with Crippen LogP contribution in [0.5, 0.6) is 0 Å². The lowest BCUT2D eigenvalue weighted by Crippen LogP contribution is -2.16. The maximum atomic E-state index is 8.85. The first kappa shape index (κ1) is 15.8. The van der Waals surface area contributed by atoms with Gasteiger partial charge in [0.2, 0.25) is 0 Å². The van der Waals surface area contributed by atoms with E-state index in [0.717, 1.165) is 29.7 Å². The highest BCUT2D eigenvalue weighted by Gasteiger charge is 2.34. The van der Waals surface area contributed by atoms with Crippen LogP contribution in [0.3, 0.4) is 0 Å². The van der Waals surface area contributed by atoms with Gasteiger partial charge in [0.15, 0.2) is 17.0 Å². The van der Waals surface area contributed by atoms with Crippen molar-refractivity contribution in [1.29, 1.82) is 5.26 Å². The predicted octanol–water partition coefficient (Wildman–Crippen LogP) is 2.87. The molecule has 0 amide bonds. The van der Waals surface area contributed by atoms with E-state index in [1.807, 2.05) is 30.7 Å². The van der Waals surface area contributed by atoms with Gasteiger partial charge in [-0.1, -0.05) is 6.92 Å². The standard InChI is InChI=1S/C19H18N8/c1-11-4-12(26-17-9-22-13(6-20)7-23-17)5-14(11)16-8-24-18-10-25-19-15(27(16)18)2-3-21-19/h2-3,7-12,14,21H,4-5H2,1H3,(H,23,26)/t11-,12+,14+/m1/s1. The second-order valence-corrected chi connectivity index (χ2v) is 7.14. The Kier molecular flexibility index (Phi) is 3.53. The first-order valence-corrected chi connectivity index (χ1v) is 9.01. The Labute approximate surface area is 155 Å². The monoisotopic (exact) mass is 358 g/mol. The summed E-state index contributed by atoms with van der Waals surface area (Å²) < 4.78 is 2.21. The number of anilines is 1. The van der Waals surface area contributed by atoms with Gasteiger partial charge < -0.3 is 10.3 Å². The molecule has 4 aromatic heterocycles. The highest BCUT2D eigenvalue weighted by Crippen LogP contribution is 2.41. The molecular weight excluding hydrogens is 340 g/mol. The molecule has 4 heterocycles. The zero-order chi connectivity index (χ0) is 18.4. The zero-order valence-corrected chi connectivity index (χ0v) is 14.8. The summed E-state index contributed by atoms with van der Waals surface area (Å²) in [5.74, 6) is 1.61. The molecule has 1 saturated carbocycles. The number of hydrogen-bond acceptors (Lipinski definition) is 6. The maximum absolute atomic E-state index is 8.85. The van der Waals surface area contributed by atoms with Crippen LogP contribution in [-0.2, 0) is 0 Å². The fraction of sp³-hybridized carbons (Fsp3) is 0.316. The van der Waals surface area contributed by atoms with Crippen molar-refractivity contribution >= 4 is 22.6 Å². The first-order chi connectivity index (χ1) is 13.2. The van der Waals surface area contributed by atoms with E-state index in [2.05, 4.69) is 41.6 Å². The summed E-state index contributed by atoms with van der Waals surface area (Å²) >= 11 is 0. The molecule has 1 aliphatic carbocycles. The van der Waals surface area contributed by atoms with E-state index in [9.17, 15) is 0 Å². The van der Waals surface area contributed by atoms with Crippen LogP contribution in [-0.4, -0.2) is 35.4 Å². The number of rotatable bonds is 3. The lowest BCUT2D eigenvalue weighted by molar-refractivity contribution is 0.520. The third-order valence-electron chi connectivity index (χ3n) is 5.45. The minimum absolute atomic E-state index is 0.307. The average molecular weight is 358 g/mol. The van der Waals surface area contributed by atoms with Crippen LogP contribution in [0.1, 0.15) is 37.1 Å². The number of H-pyrrole nitrogens is 1. The Balaban J connectivity index is 1.43. The molecule has 2 N–H and O–H groups in total. The van der Waals surface area contributed by atoms with E-state index in [-0.39, 0.29) is 0 Å². The van der Waals surface area contributed by atoms with Crippen LogP contribution in [0.4, 0.5) is 5.82 Å². The number of imidazole rings is 1. The van der Waals surface area contributed by atoms with Gasteiger partial charge in [0.05, 0.1) is 24.1 Å². The van der Waals surface area contributed by atoms with Crippen LogP contribution in [0.15, 0.2) is 37.1 Å². The summed E-state index contributed by atoms with van der Waals surface area (Å²) in [6.45, 7) is 2.28. The highest BCUT2D eigenvalue weighted by atomic mass is 15.1. The van der Waals surface area contributed by atoms with Gasteiger partial charge >= 0.3 is 0 Å². The minimum Gasteiger partial charge on any atom is -0.366 e. The SMILES string of the molecule is C[C@@H]1C[C@H](Nc2cnc(C#N)cn2)C[C@@H]1c1cnc2cnc3[nH]ccc3n12. The predicted molar refractivity (Wildman–Crippen MR) is 100 cm³/mol. The molecule has 1 fully saturated rings. The van der Waals surface area contributed by atoms with Crippen molar-refractivity contribution in [3.8, 4) is 6.07 Å². The zero-order valence-electron chi connectivity index (χ0n) is 14.8. The van der Waals surface area contributed by atoms with Crippen molar-refractivity contribution in [2.75, 3.05) is 5.32 Å². The molecule has 0 radical (unpaired) electrons. The summed E-state index contributed by atoms with van der Waals surface area (Å²) in [6, 6.07) is 4.34. The van der Waals surface area contributed by atoms with E-state index in [4.69, 9.17) is 5.26 Å². The molecule has 0 aliphatic heterocycles. The van der Waals surface area contributed by atoms with Crippen molar-refractivity contribution in [1.82, 2.24) is 29.3 Å². The highest BCUT2D eigenvalue weighted by molar-refractivity contribution is 5.74. The fourth-order valence-corrected chi connectivity index (χ4v) is 4.20. The van der Waals surface area contributed by atoms with Crippen LogP contribution in [0.2, 0.25) is 0 Å². The molecule has 27 heavy (non-hydrogen) atoms. The Morgan fingerprint density at radius 2 is 2.07 bits per heavy atom. The Morgan fingerprint density at radius 1 is 1.15 bits per heavy atom. The van der Waals surface area contributed by atoms with Crippen molar-refractivity contribution in [3.63, 3.8) is 0 Å². The van der Waals surface area contributed by atoms with Crippen LogP contribution < -0.4 is 5.32 Å². The molecule has 0 saturated heterocycles. The molecule has 4 aromatic rings. The second-order valence-electron chi connectivity index (χ2n) is 7.14. The number of aromatic nitrogens is 6. The van der Waals surface area contributed by atoms with E-state index < -0.39 is 0 Å². The van der Waals surface area contributed by atoms with Gasteiger partial charge in [0, 0.05) is 30.0 Å². The molecule has 0 aromatic carbocycles. The number of nitrogens with zero attached hydrogens (tertiary/aromatic N) is 6. The second kappa shape index (κ2) is 6.06. The summed E-state index contributed by atoms with van der Waals surface area (Å²) in [4.78, 5) is 20.5. The van der Waals surface area contributed by atoms with Crippen LogP contribution in [0.25, 0.3) is 16.8 Å². The molecule has 8 heteroatoms. The minimum atomic E-state index is 0.307. The average Bonchev–Trinajstić information content (AvgIpc) is 3.39. The topological polar surface area (TPSA) is 108 Å². The fourth-order valence-electron chi connectivity index (χ4n) is 4.20. The third-order valence-corrected chi connectivity index (χ3v) is 5.45. The van der Waals surface area contributed by atoms with Gasteiger partial charge in [0.25, 0.3) is 0 Å². The van der Waals surface area contributed by atoms with Gasteiger partial charge in [-0.2, -0.15) is 5.26 Å². The normalized spacial score (nSPS) is 22.3. The molecule has 3 atom stereocenters. The number of hydrogen-bond donors (Lipinski definition) is 2. The van der Waals surface area contributed by atoms with E-state index in [1.54, 1.807) is 6.20 Å².